The van der Waals surface area contributed by atoms with Crippen molar-refractivity contribution in [2.75, 3.05) is 25.0 Å². The Balaban J connectivity index is 2.68. The van der Waals surface area contributed by atoms with Crippen molar-refractivity contribution in [2.24, 2.45) is 0 Å². The summed E-state index contributed by atoms with van der Waals surface area (Å²) in [6, 6.07) is 7.65. The van der Waals surface area contributed by atoms with Crippen molar-refractivity contribution in [3.8, 4) is 0 Å². The van der Waals surface area contributed by atoms with Crippen molar-refractivity contribution in [3.05, 3.63) is 29.8 Å². The summed E-state index contributed by atoms with van der Waals surface area (Å²) >= 11 is 0. The van der Waals surface area contributed by atoms with Gasteiger partial charge in [-0.2, -0.15) is 0 Å². The molecule has 110 valence electrons. The van der Waals surface area contributed by atoms with Crippen LogP contribution in [0.2, 0.25) is 0 Å². The highest BCUT2D eigenvalue weighted by Crippen LogP contribution is 2.23. The molecule has 20 heavy (non-hydrogen) atoms. The molecular weight excluding hydrogens is 256 g/mol. The van der Waals surface area contributed by atoms with E-state index in [1.165, 1.54) is 0 Å². The second-order valence-electron chi connectivity index (χ2n) is 4.99. The highest BCUT2D eigenvalue weighted by Gasteiger charge is 2.14. The molecule has 0 aliphatic carbocycles. The molecule has 0 bridgehead atoms. The number of nitrogens with zero attached hydrogens (tertiary/aromatic N) is 1. The smallest absolute Gasteiger partial charge is 0.317 e. The summed E-state index contributed by atoms with van der Waals surface area (Å²) in [5.74, 6) is -0.809. The number of likely N-dealkylation sites (N-methyl/N-ethyl adjacent to an activating group) is 1. The number of aliphatic carboxylic acids is 1. The topological polar surface area (TPSA) is 69.6 Å². The Bertz CT molecular complexity index is 472. The molecule has 0 aromatic heterocycles. The quantitative estimate of drug-likeness (QED) is 0.802. The average molecular weight is 278 g/mol. The van der Waals surface area contributed by atoms with Gasteiger partial charge in [0.05, 0.1) is 13.1 Å². The number of benzene rings is 1. The van der Waals surface area contributed by atoms with Crippen LogP contribution in [-0.2, 0) is 9.59 Å². The van der Waals surface area contributed by atoms with Crippen molar-refractivity contribution in [2.45, 2.75) is 26.7 Å². The Morgan fingerprint density at radius 2 is 1.90 bits per heavy atom. The monoisotopic (exact) mass is 278 g/mol. The van der Waals surface area contributed by atoms with Crippen LogP contribution in [0.3, 0.4) is 0 Å². The summed E-state index contributed by atoms with van der Waals surface area (Å²) in [5, 5.41) is 11.6. The molecule has 0 aliphatic rings. The van der Waals surface area contributed by atoms with Gasteiger partial charge in [0.25, 0.3) is 0 Å². The fourth-order valence-corrected chi connectivity index (χ4v) is 1.98. The SMILES string of the molecule is CCN(CC(=O)O)CC(=O)Nc1ccccc1C(C)C. The lowest BCUT2D eigenvalue weighted by Gasteiger charge is -2.19. The number of carboxylic acid groups (broad SMARTS) is 1. The molecule has 1 amide bonds. The van der Waals surface area contributed by atoms with E-state index in [1.807, 2.05) is 31.2 Å². The Kier molecular flexibility index (Phi) is 6.18. The van der Waals surface area contributed by atoms with E-state index in [0.717, 1.165) is 11.3 Å². The number of para-hydroxylation sites is 1. The van der Waals surface area contributed by atoms with Crippen LogP contribution in [0.1, 0.15) is 32.3 Å². The standard InChI is InChI=1S/C15H22N2O3/c1-4-17(10-15(19)20)9-14(18)16-13-8-6-5-7-12(13)11(2)3/h5-8,11H,4,9-10H2,1-3H3,(H,16,18)(H,19,20). The van der Waals surface area contributed by atoms with E-state index in [2.05, 4.69) is 19.2 Å². The van der Waals surface area contributed by atoms with E-state index in [0.29, 0.717) is 12.5 Å². The molecule has 0 spiro atoms. The second-order valence-corrected chi connectivity index (χ2v) is 4.99. The maximum Gasteiger partial charge on any atom is 0.317 e. The van der Waals surface area contributed by atoms with Gasteiger partial charge in [-0.25, -0.2) is 0 Å². The summed E-state index contributed by atoms with van der Waals surface area (Å²) in [5.41, 5.74) is 1.86. The molecule has 2 N–H and O–H groups in total. The van der Waals surface area contributed by atoms with Crippen LogP contribution in [0.5, 0.6) is 0 Å². The Morgan fingerprint density at radius 1 is 1.25 bits per heavy atom. The third-order valence-corrected chi connectivity index (χ3v) is 3.03. The zero-order valence-corrected chi connectivity index (χ0v) is 12.2. The average Bonchev–Trinajstić information content (AvgIpc) is 2.37. The maximum absolute atomic E-state index is 12.0. The zero-order chi connectivity index (χ0) is 15.1. The van der Waals surface area contributed by atoms with E-state index in [4.69, 9.17) is 5.11 Å². The van der Waals surface area contributed by atoms with Gasteiger partial charge in [0.2, 0.25) is 5.91 Å². The Morgan fingerprint density at radius 3 is 2.45 bits per heavy atom. The number of hydrogen-bond acceptors (Lipinski definition) is 3. The van der Waals surface area contributed by atoms with Crippen molar-refractivity contribution < 1.29 is 14.7 Å². The number of rotatable bonds is 7. The molecule has 0 unspecified atom stereocenters. The van der Waals surface area contributed by atoms with Crippen molar-refractivity contribution in [1.29, 1.82) is 0 Å². The summed E-state index contributed by atoms with van der Waals surface area (Å²) in [6.45, 7) is 6.43. The molecule has 1 rings (SSSR count). The van der Waals surface area contributed by atoms with Crippen LogP contribution in [0.25, 0.3) is 0 Å². The third kappa shape index (κ3) is 5.01. The van der Waals surface area contributed by atoms with E-state index < -0.39 is 5.97 Å². The van der Waals surface area contributed by atoms with Gasteiger partial charge in [-0.05, 0) is 24.1 Å². The summed E-state index contributed by atoms with van der Waals surface area (Å²) in [6.07, 6.45) is 0. The normalized spacial score (nSPS) is 10.8. The van der Waals surface area contributed by atoms with E-state index in [-0.39, 0.29) is 19.0 Å². The maximum atomic E-state index is 12.0. The molecule has 5 heteroatoms. The van der Waals surface area contributed by atoms with E-state index in [9.17, 15) is 9.59 Å². The van der Waals surface area contributed by atoms with Gasteiger partial charge in [0, 0.05) is 5.69 Å². The molecule has 1 aromatic carbocycles. The van der Waals surface area contributed by atoms with Gasteiger partial charge >= 0.3 is 5.97 Å². The number of carbonyl (C=O) groups is 2. The second kappa shape index (κ2) is 7.65. The molecule has 0 radical (unpaired) electrons. The van der Waals surface area contributed by atoms with Gasteiger partial charge in [-0.3, -0.25) is 14.5 Å². The number of amides is 1. The summed E-state index contributed by atoms with van der Waals surface area (Å²) in [4.78, 5) is 24.2. The molecule has 0 fully saturated rings. The van der Waals surface area contributed by atoms with Crippen LogP contribution in [0.15, 0.2) is 24.3 Å². The van der Waals surface area contributed by atoms with Gasteiger partial charge < -0.3 is 10.4 Å². The fraction of sp³-hybridized carbons (Fsp3) is 0.467. The lowest BCUT2D eigenvalue weighted by Crippen LogP contribution is -2.36. The largest absolute Gasteiger partial charge is 0.480 e. The zero-order valence-electron chi connectivity index (χ0n) is 12.2. The van der Waals surface area contributed by atoms with Crippen molar-refractivity contribution in [3.63, 3.8) is 0 Å². The molecule has 0 saturated heterocycles. The first-order valence-corrected chi connectivity index (χ1v) is 6.77. The van der Waals surface area contributed by atoms with Gasteiger partial charge in [-0.15, -0.1) is 0 Å². The molecule has 0 heterocycles. The van der Waals surface area contributed by atoms with Crippen molar-refractivity contribution in [1.82, 2.24) is 4.90 Å². The van der Waals surface area contributed by atoms with Gasteiger partial charge in [0.15, 0.2) is 0 Å². The lowest BCUT2D eigenvalue weighted by atomic mass is 10.0. The minimum atomic E-state index is -0.928. The highest BCUT2D eigenvalue weighted by atomic mass is 16.4. The fourth-order valence-electron chi connectivity index (χ4n) is 1.98. The van der Waals surface area contributed by atoms with Crippen molar-refractivity contribution >= 4 is 17.6 Å². The summed E-state index contributed by atoms with van der Waals surface area (Å²) < 4.78 is 0. The Hall–Kier alpha value is -1.88. The molecular formula is C15H22N2O3. The number of carboxylic acids is 1. The minimum absolute atomic E-state index is 0.0786. The molecule has 5 nitrogen and oxygen atoms in total. The van der Waals surface area contributed by atoms with Crippen LogP contribution < -0.4 is 5.32 Å². The molecule has 0 aliphatic heterocycles. The first kappa shape index (κ1) is 16.2. The predicted molar refractivity (Wildman–Crippen MR) is 78.9 cm³/mol. The molecule has 0 atom stereocenters. The lowest BCUT2D eigenvalue weighted by molar-refractivity contribution is -0.138. The number of anilines is 1. The van der Waals surface area contributed by atoms with Gasteiger partial charge in [-0.1, -0.05) is 39.0 Å². The number of nitrogens with one attached hydrogen (secondary N) is 1. The van der Waals surface area contributed by atoms with Crippen LogP contribution >= 0.6 is 0 Å². The van der Waals surface area contributed by atoms with Crippen LogP contribution in [-0.4, -0.2) is 41.5 Å². The van der Waals surface area contributed by atoms with E-state index >= 15 is 0 Å². The summed E-state index contributed by atoms with van der Waals surface area (Å²) in [7, 11) is 0. The van der Waals surface area contributed by atoms with Gasteiger partial charge in [0.1, 0.15) is 0 Å². The van der Waals surface area contributed by atoms with Crippen LogP contribution in [0.4, 0.5) is 5.69 Å². The minimum Gasteiger partial charge on any atom is -0.480 e. The highest BCUT2D eigenvalue weighted by molar-refractivity contribution is 5.93. The van der Waals surface area contributed by atoms with Crippen LogP contribution in [0, 0.1) is 0 Å². The van der Waals surface area contributed by atoms with E-state index in [1.54, 1.807) is 4.90 Å². The predicted octanol–water partition coefficient (Wildman–Crippen LogP) is 2.15. The number of hydrogen-bond donors (Lipinski definition) is 2. The first-order valence-electron chi connectivity index (χ1n) is 6.77. The molecule has 0 saturated carbocycles. The molecule has 1 aromatic rings. The number of carbonyl (C=O) groups excluding carboxylic acids is 1. The third-order valence-electron chi connectivity index (χ3n) is 3.03. The Labute approximate surface area is 119 Å². The first-order chi connectivity index (χ1) is 9.43.